The van der Waals surface area contributed by atoms with Crippen molar-refractivity contribution < 1.29 is 9.52 Å². The molecule has 0 saturated heterocycles. The summed E-state index contributed by atoms with van der Waals surface area (Å²) in [7, 11) is 1.71. The number of benzene rings is 1. The van der Waals surface area contributed by atoms with Gasteiger partial charge in [0.25, 0.3) is 0 Å². The Morgan fingerprint density at radius 3 is 2.70 bits per heavy atom. The maximum absolute atomic E-state index is 10.6. The number of fused-ring (bicyclic) bond motifs is 1. The molecule has 6 nitrogen and oxygen atoms in total. The molecule has 1 unspecified atom stereocenters. The van der Waals surface area contributed by atoms with Crippen LogP contribution in [0.15, 0.2) is 39.9 Å². The van der Waals surface area contributed by atoms with Crippen LogP contribution in [-0.4, -0.2) is 29.6 Å². The van der Waals surface area contributed by atoms with E-state index < -0.39 is 5.60 Å². The molecule has 4 N–H and O–H groups in total. The van der Waals surface area contributed by atoms with Gasteiger partial charge in [0.2, 0.25) is 0 Å². The van der Waals surface area contributed by atoms with Gasteiger partial charge < -0.3 is 25.1 Å². The van der Waals surface area contributed by atoms with E-state index in [-0.39, 0.29) is 6.54 Å². The average Bonchev–Trinajstić information content (AvgIpc) is 3.26. The van der Waals surface area contributed by atoms with Crippen molar-refractivity contribution in [1.82, 2.24) is 15.6 Å². The summed E-state index contributed by atoms with van der Waals surface area (Å²) in [6.45, 7) is 8.96. The zero-order valence-electron chi connectivity index (χ0n) is 16.6. The van der Waals surface area contributed by atoms with E-state index in [1.54, 1.807) is 32.4 Å². The van der Waals surface area contributed by atoms with E-state index in [4.69, 9.17) is 4.42 Å². The molecule has 0 bridgehead atoms. The van der Waals surface area contributed by atoms with Crippen molar-refractivity contribution in [3.8, 4) is 0 Å². The maximum Gasteiger partial charge on any atom is 0.191 e. The molecule has 0 aliphatic carbocycles. The third-order valence-electron chi connectivity index (χ3n) is 4.97. The third kappa shape index (κ3) is 4.01. The number of hydrogen-bond acceptors (Lipinski definition) is 3. The Hall–Kier alpha value is -2.73. The molecule has 0 aliphatic rings. The number of furan rings is 1. The minimum absolute atomic E-state index is 0.282. The Labute approximate surface area is 159 Å². The lowest BCUT2D eigenvalue weighted by Gasteiger charge is -2.22. The summed E-state index contributed by atoms with van der Waals surface area (Å²) in [5, 5.41) is 18.3. The highest BCUT2D eigenvalue weighted by atomic mass is 16.4. The second-order valence-corrected chi connectivity index (χ2v) is 7.25. The van der Waals surface area contributed by atoms with Gasteiger partial charge in [0.15, 0.2) is 5.96 Å². The van der Waals surface area contributed by atoms with E-state index in [2.05, 4.69) is 53.5 Å². The number of aryl methyl sites for hydroxylation is 3. The van der Waals surface area contributed by atoms with Gasteiger partial charge in [0.1, 0.15) is 11.4 Å². The molecule has 144 valence electrons. The van der Waals surface area contributed by atoms with E-state index in [1.165, 1.54) is 27.8 Å². The van der Waals surface area contributed by atoms with Gasteiger partial charge in [0, 0.05) is 24.7 Å². The van der Waals surface area contributed by atoms with E-state index in [0.29, 0.717) is 18.3 Å². The summed E-state index contributed by atoms with van der Waals surface area (Å²) >= 11 is 0. The van der Waals surface area contributed by atoms with E-state index in [9.17, 15) is 5.11 Å². The summed E-state index contributed by atoms with van der Waals surface area (Å²) in [6.07, 6.45) is 1.56. The van der Waals surface area contributed by atoms with Crippen LogP contribution in [0.4, 0.5) is 0 Å². The van der Waals surface area contributed by atoms with Crippen LogP contribution in [0.1, 0.15) is 35.1 Å². The van der Waals surface area contributed by atoms with Gasteiger partial charge in [0.05, 0.1) is 18.3 Å². The highest BCUT2D eigenvalue weighted by molar-refractivity contribution is 5.88. The third-order valence-corrected chi connectivity index (χ3v) is 4.97. The molecule has 0 radical (unpaired) electrons. The number of hydrogen-bond donors (Lipinski definition) is 4. The highest BCUT2D eigenvalue weighted by Gasteiger charge is 2.26. The second kappa shape index (κ2) is 7.48. The second-order valence-electron chi connectivity index (χ2n) is 7.25. The van der Waals surface area contributed by atoms with Crippen LogP contribution < -0.4 is 10.6 Å². The average molecular weight is 368 g/mol. The van der Waals surface area contributed by atoms with E-state index in [0.717, 1.165) is 5.52 Å². The van der Waals surface area contributed by atoms with Crippen LogP contribution >= 0.6 is 0 Å². The van der Waals surface area contributed by atoms with E-state index >= 15 is 0 Å². The first-order valence-corrected chi connectivity index (χ1v) is 9.11. The maximum atomic E-state index is 10.6. The Kier molecular flexibility index (Phi) is 5.28. The molecule has 3 aromatic rings. The van der Waals surface area contributed by atoms with Crippen molar-refractivity contribution in [3.63, 3.8) is 0 Å². The molecular weight excluding hydrogens is 340 g/mol. The van der Waals surface area contributed by atoms with Gasteiger partial charge in [-0.05, 0) is 57.0 Å². The van der Waals surface area contributed by atoms with Crippen molar-refractivity contribution in [1.29, 1.82) is 0 Å². The molecule has 0 fully saturated rings. The number of aliphatic imine (C=N–C) groups is 1. The Bertz CT molecular complexity index is 952. The number of H-pyrrole nitrogens is 1. The van der Waals surface area contributed by atoms with Gasteiger partial charge in [-0.3, -0.25) is 4.99 Å². The first kappa shape index (κ1) is 19.0. The highest BCUT2D eigenvalue weighted by Crippen LogP contribution is 2.26. The number of nitrogens with one attached hydrogen (secondary N) is 3. The van der Waals surface area contributed by atoms with Crippen molar-refractivity contribution >= 4 is 16.9 Å². The van der Waals surface area contributed by atoms with Crippen molar-refractivity contribution in [2.24, 2.45) is 4.99 Å². The van der Waals surface area contributed by atoms with E-state index in [1.807, 2.05) is 0 Å². The number of aromatic nitrogens is 1. The smallest absolute Gasteiger partial charge is 0.191 e. The lowest BCUT2D eigenvalue weighted by atomic mass is 10.0. The lowest BCUT2D eigenvalue weighted by molar-refractivity contribution is 0.0386. The minimum atomic E-state index is -1.12. The Balaban J connectivity index is 1.70. The van der Waals surface area contributed by atoms with Crippen molar-refractivity contribution in [3.05, 3.63) is 58.7 Å². The molecule has 2 heterocycles. The molecule has 3 rings (SSSR count). The Morgan fingerprint density at radius 1 is 1.26 bits per heavy atom. The summed E-state index contributed by atoms with van der Waals surface area (Å²) in [5.41, 5.74) is 4.92. The quantitative estimate of drug-likeness (QED) is 0.411. The van der Waals surface area contributed by atoms with Gasteiger partial charge in [-0.1, -0.05) is 11.6 Å². The number of aliphatic hydroxyl groups is 1. The minimum Gasteiger partial charge on any atom is -0.466 e. The van der Waals surface area contributed by atoms with Crippen LogP contribution in [0.25, 0.3) is 10.9 Å². The summed E-state index contributed by atoms with van der Waals surface area (Å²) in [5.74, 6) is 1.14. The van der Waals surface area contributed by atoms with Gasteiger partial charge in [-0.2, -0.15) is 0 Å². The number of aromatic amines is 1. The standard InChI is InChI=1S/C21H28N4O2/c1-13-9-16(19-17(10-13)14(2)15(3)25-19)11-23-20(22-5)24-12-21(4,26)18-7-6-8-27-18/h6-10,25-26H,11-12H2,1-5H3,(H2,22,23,24). The number of nitrogens with zero attached hydrogens (tertiary/aromatic N) is 1. The summed E-state index contributed by atoms with van der Waals surface area (Å²) in [6, 6.07) is 7.92. The fourth-order valence-electron chi connectivity index (χ4n) is 3.26. The molecule has 0 aliphatic heterocycles. The first-order chi connectivity index (χ1) is 12.8. The molecule has 2 aromatic heterocycles. The summed E-state index contributed by atoms with van der Waals surface area (Å²) in [4.78, 5) is 7.74. The molecule has 27 heavy (non-hydrogen) atoms. The van der Waals surface area contributed by atoms with Crippen LogP contribution in [0.2, 0.25) is 0 Å². The SMILES string of the molecule is CN=C(NCc1cc(C)cc2c(C)c(C)[nH]c12)NCC(C)(O)c1ccco1. The Morgan fingerprint density at radius 2 is 2.04 bits per heavy atom. The molecule has 6 heteroatoms. The number of guanidine groups is 1. The zero-order chi connectivity index (χ0) is 19.6. The van der Waals surface area contributed by atoms with Crippen LogP contribution in [-0.2, 0) is 12.1 Å². The normalized spacial score (nSPS) is 14.4. The topological polar surface area (TPSA) is 85.6 Å². The van der Waals surface area contributed by atoms with Gasteiger partial charge in [-0.15, -0.1) is 0 Å². The van der Waals surface area contributed by atoms with Crippen molar-refractivity contribution in [2.45, 2.75) is 39.8 Å². The fraction of sp³-hybridized carbons (Fsp3) is 0.381. The first-order valence-electron chi connectivity index (χ1n) is 9.11. The molecule has 0 spiro atoms. The molecule has 1 atom stereocenters. The van der Waals surface area contributed by atoms with Crippen LogP contribution in [0.5, 0.6) is 0 Å². The zero-order valence-corrected chi connectivity index (χ0v) is 16.6. The summed E-state index contributed by atoms with van der Waals surface area (Å²) < 4.78 is 5.31. The van der Waals surface area contributed by atoms with Crippen LogP contribution in [0, 0.1) is 20.8 Å². The van der Waals surface area contributed by atoms with Crippen LogP contribution in [0.3, 0.4) is 0 Å². The van der Waals surface area contributed by atoms with Gasteiger partial charge >= 0.3 is 0 Å². The predicted octanol–water partition coefficient (Wildman–Crippen LogP) is 3.26. The molecule has 1 aromatic carbocycles. The number of rotatable bonds is 5. The monoisotopic (exact) mass is 368 g/mol. The predicted molar refractivity (Wildman–Crippen MR) is 109 cm³/mol. The molecule has 0 amide bonds. The largest absolute Gasteiger partial charge is 0.466 e. The lowest BCUT2D eigenvalue weighted by Crippen LogP contribution is -2.44. The molecular formula is C21H28N4O2. The fourth-order valence-corrected chi connectivity index (χ4v) is 3.26. The molecule has 0 saturated carbocycles. The van der Waals surface area contributed by atoms with Crippen molar-refractivity contribution in [2.75, 3.05) is 13.6 Å². The van der Waals surface area contributed by atoms with Gasteiger partial charge in [-0.25, -0.2) is 0 Å².